The standard InChI is InChI=1S/C10H8N2O2/c1-12-9-3-2-4-10(8(9)7-11)14-6-5-13/h2-4,13H,5-6H2. The van der Waals surface area contributed by atoms with Crippen LogP contribution in [0.3, 0.4) is 0 Å². The molecular formula is C10H8N2O2. The molecule has 70 valence electrons. The molecule has 1 rings (SSSR count). The fourth-order valence-corrected chi connectivity index (χ4v) is 1.00. The van der Waals surface area contributed by atoms with Gasteiger partial charge in [-0.25, -0.2) is 4.85 Å². The highest BCUT2D eigenvalue weighted by atomic mass is 16.5. The summed E-state index contributed by atoms with van der Waals surface area (Å²) in [5.74, 6) is 0.343. The van der Waals surface area contributed by atoms with E-state index in [4.69, 9.17) is 21.7 Å². The molecule has 14 heavy (non-hydrogen) atoms. The van der Waals surface area contributed by atoms with Crippen molar-refractivity contribution in [3.8, 4) is 11.8 Å². The smallest absolute Gasteiger partial charge is 0.208 e. The summed E-state index contributed by atoms with van der Waals surface area (Å²) in [5.41, 5.74) is 0.485. The van der Waals surface area contributed by atoms with Gasteiger partial charge in [0, 0.05) is 0 Å². The van der Waals surface area contributed by atoms with Crippen LogP contribution < -0.4 is 4.74 Å². The van der Waals surface area contributed by atoms with Crippen LogP contribution in [0.25, 0.3) is 4.85 Å². The maximum absolute atomic E-state index is 8.79. The third-order valence-electron chi connectivity index (χ3n) is 1.59. The summed E-state index contributed by atoms with van der Waals surface area (Å²) in [6.07, 6.45) is 0. The van der Waals surface area contributed by atoms with Gasteiger partial charge in [0.15, 0.2) is 0 Å². The largest absolute Gasteiger partial charge is 0.491 e. The molecular weight excluding hydrogens is 180 g/mol. The van der Waals surface area contributed by atoms with Gasteiger partial charge in [-0.05, 0) is 6.07 Å². The number of aliphatic hydroxyl groups excluding tert-OH is 1. The molecule has 0 atom stereocenters. The summed E-state index contributed by atoms with van der Waals surface area (Å²) in [6.45, 7) is 6.83. The Morgan fingerprint density at radius 1 is 1.57 bits per heavy atom. The fraction of sp³-hybridized carbons (Fsp3) is 0.200. The van der Waals surface area contributed by atoms with Crippen LogP contribution >= 0.6 is 0 Å². The number of nitriles is 1. The number of ether oxygens (including phenoxy) is 1. The van der Waals surface area contributed by atoms with E-state index < -0.39 is 0 Å². The van der Waals surface area contributed by atoms with Gasteiger partial charge >= 0.3 is 0 Å². The van der Waals surface area contributed by atoms with E-state index >= 15 is 0 Å². The van der Waals surface area contributed by atoms with E-state index in [1.54, 1.807) is 18.2 Å². The Morgan fingerprint density at radius 3 is 2.93 bits per heavy atom. The molecule has 0 aliphatic heterocycles. The molecule has 0 unspecified atom stereocenters. The molecule has 0 fully saturated rings. The first-order chi connectivity index (χ1) is 6.83. The van der Waals surface area contributed by atoms with Gasteiger partial charge in [0.05, 0.1) is 19.2 Å². The quantitative estimate of drug-likeness (QED) is 0.731. The lowest BCUT2D eigenvalue weighted by atomic mass is 10.2. The highest BCUT2D eigenvalue weighted by molar-refractivity contribution is 5.64. The van der Waals surface area contributed by atoms with Crippen molar-refractivity contribution in [3.05, 3.63) is 35.2 Å². The predicted octanol–water partition coefficient (Wildman–Crippen LogP) is 1.48. The Bertz CT molecular complexity index is 402. The van der Waals surface area contributed by atoms with Gasteiger partial charge in [-0.15, -0.1) is 0 Å². The highest BCUT2D eigenvalue weighted by Crippen LogP contribution is 2.27. The SMILES string of the molecule is [C-]#[N+]c1cccc(OCCO)c1C#N. The van der Waals surface area contributed by atoms with Gasteiger partial charge in [0.25, 0.3) is 0 Å². The lowest BCUT2D eigenvalue weighted by Crippen LogP contribution is -2.02. The zero-order chi connectivity index (χ0) is 10.4. The number of hydrogen-bond donors (Lipinski definition) is 1. The third-order valence-corrected chi connectivity index (χ3v) is 1.59. The van der Waals surface area contributed by atoms with Gasteiger partial charge in [-0.2, -0.15) is 5.26 Å². The topological polar surface area (TPSA) is 57.6 Å². The second-order valence-electron chi connectivity index (χ2n) is 2.45. The maximum atomic E-state index is 8.79. The molecule has 4 nitrogen and oxygen atoms in total. The fourth-order valence-electron chi connectivity index (χ4n) is 1.00. The number of benzene rings is 1. The van der Waals surface area contributed by atoms with Crippen LogP contribution in [0.5, 0.6) is 5.75 Å². The average molecular weight is 188 g/mol. The van der Waals surface area contributed by atoms with Crippen molar-refractivity contribution in [1.29, 1.82) is 5.26 Å². The van der Waals surface area contributed by atoms with E-state index in [9.17, 15) is 0 Å². The number of aliphatic hydroxyl groups is 1. The van der Waals surface area contributed by atoms with E-state index in [1.165, 1.54) is 0 Å². The lowest BCUT2D eigenvalue weighted by Gasteiger charge is -2.06. The van der Waals surface area contributed by atoms with E-state index in [1.807, 2.05) is 6.07 Å². The zero-order valence-electron chi connectivity index (χ0n) is 7.40. The summed E-state index contributed by atoms with van der Waals surface area (Å²) in [6, 6.07) is 6.70. The van der Waals surface area contributed by atoms with Gasteiger partial charge in [0.1, 0.15) is 17.9 Å². The van der Waals surface area contributed by atoms with Crippen molar-refractivity contribution in [2.75, 3.05) is 13.2 Å². The second-order valence-corrected chi connectivity index (χ2v) is 2.45. The number of rotatable bonds is 3. The molecule has 0 aliphatic carbocycles. The van der Waals surface area contributed by atoms with Crippen LogP contribution in [-0.4, -0.2) is 18.3 Å². The van der Waals surface area contributed by atoms with E-state index in [0.717, 1.165) is 0 Å². The molecule has 0 radical (unpaired) electrons. The van der Waals surface area contributed by atoms with E-state index in [0.29, 0.717) is 5.75 Å². The van der Waals surface area contributed by atoms with Crippen LogP contribution in [0.2, 0.25) is 0 Å². The molecule has 0 saturated carbocycles. The molecule has 1 N–H and O–H groups in total. The minimum Gasteiger partial charge on any atom is -0.491 e. The van der Waals surface area contributed by atoms with Gasteiger partial charge < -0.3 is 9.84 Å². The minimum atomic E-state index is -0.118. The normalized spacial score (nSPS) is 8.79. The van der Waals surface area contributed by atoms with Crippen molar-refractivity contribution in [1.82, 2.24) is 0 Å². The Labute approximate surface area is 81.8 Å². The van der Waals surface area contributed by atoms with Crippen molar-refractivity contribution < 1.29 is 9.84 Å². The zero-order valence-corrected chi connectivity index (χ0v) is 7.40. The van der Waals surface area contributed by atoms with Crippen LogP contribution in [0.4, 0.5) is 5.69 Å². The molecule has 0 saturated heterocycles. The summed E-state index contributed by atoms with van der Waals surface area (Å²) >= 11 is 0. The van der Waals surface area contributed by atoms with Gasteiger partial charge in [0.2, 0.25) is 5.69 Å². The molecule has 0 bridgehead atoms. The Morgan fingerprint density at radius 2 is 2.36 bits per heavy atom. The Kier molecular flexibility index (Phi) is 3.49. The van der Waals surface area contributed by atoms with Crippen LogP contribution in [0.15, 0.2) is 18.2 Å². The first-order valence-corrected chi connectivity index (χ1v) is 3.97. The van der Waals surface area contributed by atoms with E-state index in [-0.39, 0.29) is 24.5 Å². The van der Waals surface area contributed by atoms with Crippen molar-refractivity contribution >= 4 is 5.69 Å². The first-order valence-electron chi connectivity index (χ1n) is 3.97. The summed E-state index contributed by atoms with van der Waals surface area (Å²) in [5, 5.41) is 17.3. The summed E-state index contributed by atoms with van der Waals surface area (Å²) in [7, 11) is 0. The van der Waals surface area contributed by atoms with Gasteiger partial charge in [-0.3, -0.25) is 0 Å². The van der Waals surface area contributed by atoms with Crippen LogP contribution in [0, 0.1) is 17.9 Å². The Balaban J connectivity index is 3.06. The lowest BCUT2D eigenvalue weighted by molar-refractivity contribution is 0.201. The number of nitrogens with zero attached hydrogens (tertiary/aromatic N) is 2. The molecule has 1 aromatic rings. The van der Waals surface area contributed by atoms with Crippen molar-refractivity contribution in [2.45, 2.75) is 0 Å². The minimum absolute atomic E-state index is 0.118. The summed E-state index contributed by atoms with van der Waals surface area (Å²) in [4.78, 5) is 3.20. The molecule has 0 aromatic heterocycles. The first kappa shape index (κ1) is 10.0. The molecule has 0 aliphatic rings. The number of hydrogen-bond acceptors (Lipinski definition) is 3. The second kappa shape index (κ2) is 4.86. The summed E-state index contributed by atoms with van der Waals surface area (Å²) < 4.78 is 5.10. The maximum Gasteiger partial charge on any atom is 0.208 e. The monoisotopic (exact) mass is 188 g/mol. The average Bonchev–Trinajstić information content (AvgIpc) is 2.25. The van der Waals surface area contributed by atoms with Crippen LogP contribution in [0.1, 0.15) is 5.56 Å². The molecule has 0 amide bonds. The van der Waals surface area contributed by atoms with Crippen molar-refractivity contribution in [3.63, 3.8) is 0 Å². The van der Waals surface area contributed by atoms with Crippen LogP contribution in [-0.2, 0) is 0 Å². The third kappa shape index (κ3) is 2.01. The highest BCUT2D eigenvalue weighted by Gasteiger charge is 2.07. The van der Waals surface area contributed by atoms with E-state index in [2.05, 4.69) is 4.85 Å². The molecule has 4 heteroatoms. The predicted molar refractivity (Wildman–Crippen MR) is 50.0 cm³/mol. The van der Waals surface area contributed by atoms with Crippen molar-refractivity contribution in [2.24, 2.45) is 0 Å². The molecule has 0 heterocycles. The molecule has 0 spiro atoms. The molecule has 1 aromatic carbocycles. The van der Waals surface area contributed by atoms with Gasteiger partial charge in [-0.1, -0.05) is 12.1 Å². The Hall–Kier alpha value is -2.04.